The number of hydrogen-bond acceptors (Lipinski definition) is 0. The van der Waals surface area contributed by atoms with E-state index in [1.165, 1.54) is 24.0 Å². The monoisotopic (exact) mass is 162 g/mol. The number of benzene rings is 1. The molecular weight excluding hydrogens is 144 g/mol. The minimum Gasteiger partial charge on any atom is -0.0617 e. The van der Waals surface area contributed by atoms with Gasteiger partial charge in [-0.15, -0.1) is 0 Å². The van der Waals surface area contributed by atoms with Crippen LogP contribution >= 0.6 is 0 Å². The number of rotatable bonds is 2. The fourth-order valence-electron chi connectivity index (χ4n) is 1.51. The summed E-state index contributed by atoms with van der Waals surface area (Å²) in [6.45, 7) is 4.31. The van der Waals surface area contributed by atoms with Gasteiger partial charge in [0, 0.05) is 0 Å². The highest BCUT2D eigenvalue weighted by Gasteiger charge is 2.23. The first kappa shape index (κ1) is 6.71. The van der Waals surface area contributed by atoms with Gasteiger partial charge in [0.05, 0.1) is 1.37 Å². The standard InChI is InChI=1S/C12H16/c1-9(2)11-4-3-5-12(8-11)10-6-7-10/h3-5,8-10H,6-7H2,1-2H3/i4T. The van der Waals surface area contributed by atoms with Crippen molar-refractivity contribution in [2.45, 2.75) is 38.5 Å². The van der Waals surface area contributed by atoms with Crippen LogP contribution in [0.3, 0.4) is 0 Å². The Balaban J connectivity index is 2.36. The Morgan fingerprint density at radius 1 is 1.50 bits per heavy atom. The third kappa shape index (κ3) is 1.52. The molecule has 2 rings (SSSR count). The van der Waals surface area contributed by atoms with Crippen molar-refractivity contribution in [1.82, 2.24) is 0 Å². The molecule has 0 spiro atoms. The van der Waals surface area contributed by atoms with Gasteiger partial charge >= 0.3 is 0 Å². The van der Waals surface area contributed by atoms with Gasteiger partial charge in [0.15, 0.2) is 0 Å². The van der Waals surface area contributed by atoms with Gasteiger partial charge < -0.3 is 0 Å². The summed E-state index contributed by atoms with van der Waals surface area (Å²) < 4.78 is 7.76. The summed E-state index contributed by atoms with van der Waals surface area (Å²) in [6, 6.07) is 6.99. The molecule has 0 atom stereocenters. The second kappa shape index (κ2) is 2.93. The van der Waals surface area contributed by atoms with E-state index in [9.17, 15) is 0 Å². The van der Waals surface area contributed by atoms with Crippen molar-refractivity contribution in [2.24, 2.45) is 0 Å². The average Bonchev–Trinajstić information content (AvgIpc) is 2.87. The van der Waals surface area contributed by atoms with Crippen LogP contribution in [0.15, 0.2) is 24.2 Å². The minimum atomic E-state index is 0.478. The van der Waals surface area contributed by atoms with Gasteiger partial charge in [-0.3, -0.25) is 0 Å². The van der Waals surface area contributed by atoms with Crippen LogP contribution < -0.4 is 0 Å². The zero-order chi connectivity index (χ0) is 9.42. The summed E-state index contributed by atoms with van der Waals surface area (Å²) >= 11 is 0. The Labute approximate surface area is 76.0 Å². The van der Waals surface area contributed by atoms with E-state index in [0.717, 1.165) is 5.92 Å². The largest absolute Gasteiger partial charge is 0.0626 e. The minimum absolute atomic E-state index is 0.478. The van der Waals surface area contributed by atoms with E-state index in [4.69, 9.17) is 1.37 Å². The average molecular weight is 162 g/mol. The molecule has 1 fully saturated rings. The van der Waals surface area contributed by atoms with Crippen molar-refractivity contribution in [2.75, 3.05) is 0 Å². The molecule has 0 saturated heterocycles. The van der Waals surface area contributed by atoms with E-state index in [2.05, 4.69) is 26.0 Å². The zero-order valence-corrected chi connectivity index (χ0v) is 7.80. The molecule has 1 aromatic rings. The Morgan fingerprint density at radius 3 is 2.83 bits per heavy atom. The van der Waals surface area contributed by atoms with Gasteiger partial charge in [0.1, 0.15) is 0 Å². The molecule has 1 saturated carbocycles. The highest BCUT2D eigenvalue weighted by Crippen LogP contribution is 2.40. The van der Waals surface area contributed by atoms with Crippen LogP contribution in [0, 0.1) is 0 Å². The van der Waals surface area contributed by atoms with Crippen LogP contribution in [-0.2, 0) is 0 Å². The lowest BCUT2D eigenvalue weighted by Crippen LogP contribution is -1.88. The third-order valence-electron chi connectivity index (χ3n) is 2.52. The molecule has 1 aromatic carbocycles. The van der Waals surface area contributed by atoms with Crippen molar-refractivity contribution in [3.8, 4) is 0 Å². The van der Waals surface area contributed by atoms with E-state index in [0.29, 0.717) is 12.0 Å². The number of hydrogen-bond donors (Lipinski definition) is 0. The SMILES string of the molecule is [3H]c1ccc(C2CC2)cc1C(C)C. The van der Waals surface area contributed by atoms with Gasteiger partial charge in [-0.25, -0.2) is 0 Å². The van der Waals surface area contributed by atoms with E-state index in [-0.39, 0.29) is 0 Å². The molecular formula is C12H16. The van der Waals surface area contributed by atoms with Crippen LogP contribution in [0.25, 0.3) is 0 Å². The van der Waals surface area contributed by atoms with E-state index in [1.807, 2.05) is 6.07 Å². The molecule has 1 aliphatic rings. The van der Waals surface area contributed by atoms with E-state index in [1.54, 1.807) is 0 Å². The van der Waals surface area contributed by atoms with Crippen molar-refractivity contribution < 1.29 is 1.37 Å². The molecule has 0 radical (unpaired) electrons. The molecule has 0 aromatic heterocycles. The lowest BCUT2D eigenvalue weighted by Gasteiger charge is -2.06. The first-order valence-electron chi connectivity index (χ1n) is 5.29. The maximum Gasteiger partial charge on any atom is 0.0626 e. The molecule has 12 heavy (non-hydrogen) atoms. The van der Waals surface area contributed by atoms with Gasteiger partial charge in [-0.1, -0.05) is 38.1 Å². The lowest BCUT2D eigenvalue weighted by molar-refractivity contribution is 0.862. The Morgan fingerprint density at radius 2 is 2.25 bits per heavy atom. The predicted octanol–water partition coefficient (Wildman–Crippen LogP) is 3.69. The molecule has 0 amide bonds. The first-order valence-corrected chi connectivity index (χ1v) is 4.79. The molecule has 0 N–H and O–H groups in total. The molecule has 0 aliphatic heterocycles. The van der Waals surface area contributed by atoms with Crippen LogP contribution in [0.4, 0.5) is 0 Å². The molecule has 64 valence electrons. The Kier molecular flexibility index (Phi) is 1.64. The van der Waals surface area contributed by atoms with Crippen LogP contribution in [0.5, 0.6) is 0 Å². The smallest absolute Gasteiger partial charge is 0.0617 e. The molecule has 0 unspecified atom stereocenters. The second-order valence-electron chi connectivity index (χ2n) is 4.01. The highest BCUT2D eigenvalue weighted by molar-refractivity contribution is 5.30. The van der Waals surface area contributed by atoms with E-state index < -0.39 is 0 Å². The van der Waals surface area contributed by atoms with Gasteiger partial charge in [0.25, 0.3) is 0 Å². The second-order valence-corrected chi connectivity index (χ2v) is 4.01. The van der Waals surface area contributed by atoms with Crippen LogP contribution in [0.2, 0.25) is 0 Å². The van der Waals surface area contributed by atoms with Crippen LogP contribution in [-0.4, -0.2) is 0 Å². The fraction of sp³-hybridized carbons (Fsp3) is 0.500. The third-order valence-corrected chi connectivity index (χ3v) is 2.52. The van der Waals surface area contributed by atoms with Crippen molar-refractivity contribution >= 4 is 0 Å². The van der Waals surface area contributed by atoms with Gasteiger partial charge in [-0.05, 0) is 35.8 Å². The summed E-state index contributed by atoms with van der Waals surface area (Å²) in [5.41, 5.74) is 2.64. The molecule has 0 heterocycles. The fourth-order valence-corrected chi connectivity index (χ4v) is 1.51. The summed E-state index contributed by atoms with van der Waals surface area (Å²) in [6.07, 6.45) is 2.68. The summed E-state index contributed by atoms with van der Waals surface area (Å²) in [5.74, 6) is 1.28. The summed E-state index contributed by atoms with van der Waals surface area (Å²) in [7, 11) is 0. The maximum absolute atomic E-state index is 7.76. The van der Waals surface area contributed by atoms with Crippen LogP contribution in [0.1, 0.15) is 51.0 Å². The first-order chi connectivity index (χ1) is 6.18. The van der Waals surface area contributed by atoms with Gasteiger partial charge in [0.2, 0.25) is 0 Å². The summed E-state index contributed by atoms with van der Waals surface area (Å²) in [5, 5.41) is 0. The quantitative estimate of drug-likeness (QED) is 0.622. The predicted molar refractivity (Wildman–Crippen MR) is 52.5 cm³/mol. The maximum atomic E-state index is 7.76. The normalized spacial score (nSPS) is 18.1. The Hall–Kier alpha value is -0.780. The summed E-state index contributed by atoms with van der Waals surface area (Å²) in [4.78, 5) is 0. The van der Waals surface area contributed by atoms with Crippen molar-refractivity contribution in [1.29, 1.82) is 0 Å². The van der Waals surface area contributed by atoms with Gasteiger partial charge in [-0.2, -0.15) is 0 Å². The van der Waals surface area contributed by atoms with Crippen molar-refractivity contribution in [3.05, 3.63) is 35.4 Å². The lowest BCUT2D eigenvalue weighted by atomic mass is 9.99. The molecule has 0 heteroatoms. The molecule has 1 aliphatic carbocycles. The zero-order valence-electron chi connectivity index (χ0n) is 8.80. The Bertz CT molecular complexity index is 311. The molecule has 0 nitrogen and oxygen atoms in total. The molecule has 0 bridgehead atoms. The van der Waals surface area contributed by atoms with E-state index >= 15 is 0 Å². The highest BCUT2D eigenvalue weighted by atomic mass is 14.3. The van der Waals surface area contributed by atoms with Crippen molar-refractivity contribution in [3.63, 3.8) is 0 Å². The topological polar surface area (TPSA) is 0 Å².